The lowest BCUT2D eigenvalue weighted by atomic mass is 9.79. The van der Waals surface area contributed by atoms with Gasteiger partial charge in [-0.15, -0.1) is 0 Å². The van der Waals surface area contributed by atoms with Crippen molar-refractivity contribution < 1.29 is 14.4 Å². The van der Waals surface area contributed by atoms with Gasteiger partial charge in [0.2, 0.25) is 17.7 Å². The Morgan fingerprint density at radius 1 is 0.970 bits per heavy atom. The molecule has 3 amide bonds. The van der Waals surface area contributed by atoms with E-state index < -0.39 is 5.92 Å². The fourth-order valence-corrected chi connectivity index (χ4v) is 6.03. The Kier molecular flexibility index (Phi) is 7.37. The van der Waals surface area contributed by atoms with E-state index in [2.05, 4.69) is 29.6 Å². The maximum absolute atomic E-state index is 13.5. The molecule has 1 aromatic carbocycles. The summed E-state index contributed by atoms with van der Waals surface area (Å²) >= 11 is 0. The largest absolute Gasteiger partial charge is 0.308 e. The van der Waals surface area contributed by atoms with Crippen LogP contribution in [0.5, 0.6) is 0 Å². The molecule has 2 heterocycles. The number of likely N-dealkylation sites (tertiary alicyclic amines) is 1. The number of hydrogen-bond acceptors (Lipinski definition) is 4. The minimum Gasteiger partial charge on any atom is -0.308 e. The Balaban J connectivity index is 1.38. The molecule has 0 bridgehead atoms. The highest BCUT2D eigenvalue weighted by atomic mass is 16.2. The molecule has 33 heavy (non-hydrogen) atoms. The maximum atomic E-state index is 13.5. The van der Waals surface area contributed by atoms with Crippen molar-refractivity contribution in [3.05, 3.63) is 29.8 Å². The van der Waals surface area contributed by atoms with Gasteiger partial charge in [-0.1, -0.05) is 32.0 Å². The molecule has 1 atom stereocenters. The Bertz CT molecular complexity index is 870. The van der Waals surface area contributed by atoms with Crippen LogP contribution in [0.2, 0.25) is 0 Å². The summed E-state index contributed by atoms with van der Waals surface area (Å²) < 4.78 is 0. The second-order valence-corrected chi connectivity index (χ2v) is 10.3. The number of anilines is 1. The first kappa shape index (κ1) is 23.7. The van der Waals surface area contributed by atoms with Crippen LogP contribution >= 0.6 is 0 Å². The van der Waals surface area contributed by atoms with Crippen LogP contribution in [0.25, 0.3) is 0 Å². The second-order valence-electron chi connectivity index (χ2n) is 10.3. The Hall–Kier alpha value is -2.41. The van der Waals surface area contributed by atoms with Gasteiger partial charge in [0, 0.05) is 44.2 Å². The molecule has 0 radical (unpaired) electrons. The zero-order valence-corrected chi connectivity index (χ0v) is 20.2. The van der Waals surface area contributed by atoms with Crippen LogP contribution in [0.1, 0.15) is 77.2 Å². The Morgan fingerprint density at radius 3 is 2.27 bits per heavy atom. The van der Waals surface area contributed by atoms with E-state index in [1.807, 2.05) is 29.2 Å². The van der Waals surface area contributed by atoms with Gasteiger partial charge in [-0.25, -0.2) is 0 Å². The average Bonchev–Trinajstić information content (AvgIpc) is 3.09. The minimum atomic E-state index is -0.501. The predicted molar refractivity (Wildman–Crippen MR) is 128 cm³/mol. The van der Waals surface area contributed by atoms with Crippen LogP contribution in [-0.2, 0) is 14.4 Å². The maximum Gasteiger partial charge on any atom is 0.239 e. The van der Waals surface area contributed by atoms with Crippen LogP contribution in [-0.4, -0.2) is 47.8 Å². The van der Waals surface area contributed by atoms with Crippen LogP contribution in [0.3, 0.4) is 0 Å². The smallest absolute Gasteiger partial charge is 0.239 e. The number of nitrogens with one attached hydrogen (secondary N) is 2. The lowest BCUT2D eigenvalue weighted by molar-refractivity contribution is -0.129. The van der Waals surface area contributed by atoms with Gasteiger partial charge in [0.25, 0.3) is 0 Å². The number of nitrogens with zero attached hydrogens (tertiary/aromatic N) is 2. The van der Waals surface area contributed by atoms with Gasteiger partial charge in [0.15, 0.2) is 0 Å². The zero-order valence-electron chi connectivity index (χ0n) is 20.2. The van der Waals surface area contributed by atoms with E-state index in [0.717, 1.165) is 49.0 Å². The van der Waals surface area contributed by atoms with E-state index in [1.54, 1.807) is 0 Å². The van der Waals surface area contributed by atoms with E-state index in [4.69, 9.17) is 0 Å². The molecule has 1 unspecified atom stereocenters. The van der Waals surface area contributed by atoms with Crippen molar-refractivity contribution in [1.82, 2.24) is 15.8 Å². The number of carbonyl (C=O) groups is 3. The topological polar surface area (TPSA) is 81.8 Å². The number of carbonyl (C=O) groups excluding carboxylic acids is 3. The first-order chi connectivity index (χ1) is 15.8. The molecule has 2 N–H and O–H groups in total. The molecule has 1 saturated heterocycles. The van der Waals surface area contributed by atoms with Gasteiger partial charge in [-0.3, -0.25) is 25.2 Å². The van der Waals surface area contributed by atoms with Crippen molar-refractivity contribution in [3.63, 3.8) is 0 Å². The lowest BCUT2D eigenvalue weighted by Crippen LogP contribution is -2.50. The number of hydrazine groups is 1. The molecule has 180 valence electrons. The Morgan fingerprint density at radius 2 is 1.64 bits per heavy atom. The number of fused-ring (bicyclic) bond motifs is 1. The van der Waals surface area contributed by atoms with Crippen LogP contribution in [0, 0.1) is 11.8 Å². The van der Waals surface area contributed by atoms with Crippen molar-refractivity contribution in [2.45, 2.75) is 83.7 Å². The van der Waals surface area contributed by atoms with Crippen molar-refractivity contribution >= 4 is 23.4 Å². The summed E-state index contributed by atoms with van der Waals surface area (Å²) in [5.41, 5.74) is 6.55. The quantitative estimate of drug-likeness (QED) is 0.669. The highest BCUT2D eigenvalue weighted by Crippen LogP contribution is 2.42. The van der Waals surface area contributed by atoms with Crippen LogP contribution in [0.4, 0.5) is 5.69 Å². The highest BCUT2D eigenvalue weighted by molar-refractivity contribution is 6.07. The average molecular weight is 455 g/mol. The van der Waals surface area contributed by atoms with Gasteiger partial charge in [0.1, 0.15) is 0 Å². The summed E-state index contributed by atoms with van der Waals surface area (Å²) in [5.74, 6) is 0.465. The molecule has 0 spiro atoms. The number of para-hydroxylation sites is 1. The van der Waals surface area contributed by atoms with Gasteiger partial charge in [0.05, 0.1) is 5.92 Å². The second kappa shape index (κ2) is 10.2. The summed E-state index contributed by atoms with van der Waals surface area (Å²) in [6, 6.07) is 8.69. The molecule has 1 saturated carbocycles. The van der Waals surface area contributed by atoms with E-state index >= 15 is 0 Å². The number of benzene rings is 1. The molecular formula is C26H38N4O3. The Labute approximate surface area is 197 Å². The fraction of sp³-hybridized carbons (Fsp3) is 0.654. The summed E-state index contributed by atoms with van der Waals surface area (Å²) in [5, 5.41) is 0. The number of hydrogen-bond donors (Lipinski definition) is 2. The molecule has 2 fully saturated rings. The minimum absolute atomic E-state index is 0.00469. The van der Waals surface area contributed by atoms with Crippen LogP contribution in [0.15, 0.2) is 24.3 Å². The van der Waals surface area contributed by atoms with E-state index in [0.29, 0.717) is 6.04 Å². The van der Waals surface area contributed by atoms with Crippen LogP contribution < -0.4 is 15.8 Å². The standard InChI is InChI=1S/C26H38N4O3/c1-17(2)19-8-10-20(11-9-19)29-14-12-21(13-15-29)30-24-7-5-4-6-22(24)23(26(30)33)16-25(32)28-27-18(3)31/h4-7,17,19-21,23H,8-16H2,1-3H3,(H,27,31)(H,28,32). The molecule has 4 rings (SSSR count). The van der Waals surface area contributed by atoms with Crippen molar-refractivity contribution in [2.75, 3.05) is 18.0 Å². The number of piperidine rings is 1. The van der Waals surface area contributed by atoms with Crippen molar-refractivity contribution in [3.8, 4) is 0 Å². The van der Waals surface area contributed by atoms with E-state index in [1.165, 1.54) is 32.6 Å². The SMILES string of the molecule is CC(=O)NNC(=O)CC1C(=O)N(C2CCN(C3CCC(C(C)C)CC3)CC2)c2ccccc21. The molecule has 2 aliphatic heterocycles. The first-order valence-corrected chi connectivity index (χ1v) is 12.6. The molecule has 1 aromatic rings. The predicted octanol–water partition coefficient (Wildman–Crippen LogP) is 3.35. The van der Waals surface area contributed by atoms with Crippen molar-refractivity contribution in [1.29, 1.82) is 0 Å². The van der Waals surface area contributed by atoms with Gasteiger partial charge in [-0.05, 0) is 62.0 Å². The zero-order chi connectivity index (χ0) is 23.5. The molecule has 7 nitrogen and oxygen atoms in total. The summed E-state index contributed by atoms with van der Waals surface area (Å²) in [6.45, 7) is 8.08. The fourth-order valence-electron chi connectivity index (χ4n) is 6.03. The molecule has 0 aromatic heterocycles. The van der Waals surface area contributed by atoms with E-state index in [9.17, 15) is 14.4 Å². The highest BCUT2D eigenvalue weighted by Gasteiger charge is 2.42. The molecule has 7 heteroatoms. The number of amides is 3. The first-order valence-electron chi connectivity index (χ1n) is 12.6. The normalized spacial score (nSPS) is 26.4. The third-order valence-corrected chi connectivity index (χ3v) is 7.94. The lowest BCUT2D eigenvalue weighted by Gasteiger charge is -2.43. The monoisotopic (exact) mass is 454 g/mol. The molecule has 3 aliphatic rings. The summed E-state index contributed by atoms with van der Waals surface area (Å²) in [4.78, 5) is 41.5. The van der Waals surface area contributed by atoms with Gasteiger partial charge in [-0.2, -0.15) is 0 Å². The number of rotatable bonds is 5. The molecule has 1 aliphatic carbocycles. The molecular weight excluding hydrogens is 416 g/mol. The van der Waals surface area contributed by atoms with E-state index in [-0.39, 0.29) is 30.2 Å². The third-order valence-electron chi connectivity index (χ3n) is 7.94. The van der Waals surface area contributed by atoms with Gasteiger partial charge < -0.3 is 9.80 Å². The summed E-state index contributed by atoms with van der Waals surface area (Å²) in [7, 11) is 0. The third kappa shape index (κ3) is 5.24. The van der Waals surface area contributed by atoms with Gasteiger partial charge >= 0.3 is 0 Å². The van der Waals surface area contributed by atoms with Crippen molar-refractivity contribution in [2.24, 2.45) is 11.8 Å². The summed E-state index contributed by atoms with van der Waals surface area (Å²) in [6.07, 6.45) is 7.23.